The Morgan fingerprint density at radius 2 is 2.05 bits per heavy atom. The summed E-state index contributed by atoms with van der Waals surface area (Å²) in [6, 6.07) is 10.5. The fourth-order valence-corrected chi connectivity index (χ4v) is 3.26. The SMILES string of the molecule is CCn1ccc(=Nc2sc(C)c[n+]2C)c2ccccc21. The van der Waals surface area contributed by atoms with Crippen LogP contribution in [0.2, 0.25) is 0 Å². The molecule has 2 aromatic heterocycles. The van der Waals surface area contributed by atoms with Crippen molar-refractivity contribution < 1.29 is 4.57 Å². The van der Waals surface area contributed by atoms with Crippen LogP contribution in [0.1, 0.15) is 11.8 Å². The van der Waals surface area contributed by atoms with E-state index in [1.165, 1.54) is 15.8 Å². The number of nitrogens with zero attached hydrogens (tertiary/aromatic N) is 3. The van der Waals surface area contributed by atoms with E-state index in [0.29, 0.717) is 0 Å². The molecule has 3 aromatic rings. The van der Waals surface area contributed by atoms with Crippen molar-refractivity contribution in [2.75, 3.05) is 0 Å². The van der Waals surface area contributed by atoms with E-state index in [1.807, 2.05) is 7.05 Å². The standard InChI is InChI=1S/C16H18N3S/c1-4-19-10-9-14(13-7-5-6-8-15(13)19)17-16-18(3)11-12(2)20-16/h5-11H,4H2,1-3H3/q+1. The highest BCUT2D eigenvalue weighted by atomic mass is 32.1. The Bertz CT molecular complexity index is 827. The third kappa shape index (κ3) is 2.27. The van der Waals surface area contributed by atoms with Crippen molar-refractivity contribution >= 4 is 27.4 Å². The summed E-state index contributed by atoms with van der Waals surface area (Å²) in [4.78, 5) is 6.11. The fourth-order valence-electron chi connectivity index (χ4n) is 2.42. The second kappa shape index (κ2) is 5.21. The fraction of sp³-hybridized carbons (Fsp3) is 0.250. The van der Waals surface area contributed by atoms with Crippen molar-refractivity contribution in [3.8, 4) is 0 Å². The highest BCUT2D eigenvalue weighted by Gasteiger charge is 2.11. The van der Waals surface area contributed by atoms with E-state index >= 15 is 0 Å². The maximum Gasteiger partial charge on any atom is 0.382 e. The number of hydrogen-bond donors (Lipinski definition) is 0. The molecule has 0 fully saturated rings. The third-order valence-electron chi connectivity index (χ3n) is 3.39. The van der Waals surface area contributed by atoms with E-state index in [4.69, 9.17) is 4.99 Å². The minimum absolute atomic E-state index is 0.965. The average molecular weight is 284 g/mol. The highest BCUT2D eigenvalue weighted by molar-refractivity contribution is 7.14. The molecule has 2 heterocycles. The molecule has 4 heteroatoms. The van der Waals surface area contributed by atoms with Crippen molar-refractivity contribution in [3.05, 3.63) is 53.0 Å². The monoisotopic (exact) mass is 284 g/mol. The van der Waals surface area contributed by atoms with Gasteiger partial charge in [-0.05, 0) is 42.3 Å². The molecular formula is C16H18N3S+. The Morgan fingerprint density at radius 3 is 2.75 bits per heavy atom. The number of hydrogen-bond acceptors (Lipinski definition) is 2. The molecule has 1 aromatic carbocycles. The summed E-state index contributed by atoms with van der Waals surface area (Å²) in [5.41, 5.74) is 1.23. The smallest absolute Gasteiger partial charge is 0.347 e. The first-order valence-corrected chi connectivity index (χ1v) is 7.59. The van der Waals surface area contributed by atoms with Gasteiger partial charge < -0.3 is 4.57 Å². The van der Waals surface area contributed by atoms with Gasteiger partial charge in [-0.15, -0.1) is 0 Å². The quantitative estimate of drug-likeness (QED) is 0.645. The zero-order valence-corrected chi connectivity index (χ0v) is 12.8. The molecule has 0 aliphatic carbocycles. The molecule has 3 nitrogen and oxygen atoms in total. The number of aromatic nitrogens is 2. The van der Waals surface area contributed by atoms with Gasteiger partial charge in [0.05, 0.1) is 12.6 Å². The second-order valence-electron chi connectivity index (χ2n) is 4.85. The van der Waals surface area contributed by atoms with Crippen LogP contribution in [0, 0.1) is 6.92 Å². The number of thiazole rings is 1. The molecule has 0 radical (unpaired) electrons. The number of rotatable bonds is 2. The minimum atomic E-state index is 0.965. The van der Waals surface area contributed by atoms with Gasteiger partial charge in [-0.25, -0.2) is 4.57 Å². The summed E-state index contributed by atoms with van der Waals surface area (Å²) in [6.45, 7) is 5.23. The lowest BCUT2D eigenvalue weighted by atomic mass is 10.2. The third-order valence-corrected chi connectivity index (χ3v) is 4.38. The van der Waals surface area contributed by atoms with E-state index in [-0.39, 0.29) is 0 Å². The molecule has 0 aliphatic rings. The summed E-state index contributed by atoms with van der Waals surface area (Å²) in [5.74, 6) is 0. The summed E-state index contributed by atoms with van der Waals surface area (Å²) in [7, 11) is 2.04. The molecule has 0 bridgehead atoms. The zero-order valence-electron chi connectivity index (χ0n) is 12.0. The molecule has 0 saturated heterocycles. The first-order valence-electron chi connectivity index (χ1n) is 6.78. The Kier molecular flexibility index (Phi) is 3.40. The molecule has 102 valence electrons. The van der Waals surface area contributed by atoms with E-state index in [0.717, 1.165) is 17.0 Å². The van der Waals surface area contributed by atoms with Gasteiger partial charge in [-0.3, -0.25) is 0 Å². The molecule has 0 N–H and O–H groups in total. The van der Waals surface area contributed by atoms with E-state index in [2.05, 4.69) is 65.7 Å². The minimum Gasteiger partial charge on any atom is -0.347 e. The van der Waals surface area contributed by atoms with Crippen molar-refractivity contribution in [1.29, 1.82) is 0 Å². The van der Waals surface area contributed by atoms with Crippen LogP contribution in [0.25, 0.3) is 10.9 Å². The maximum absolute atomic E-state index is 4.83. The summed E-state index contributed by atoms with van der Waals surface area (Å²) in [5, 5.41) is 3.26. The van der Waals surface area contributed by atoms with Gasteiger partial charge in [0, 0.05) is 29.1 Å². The van der Waals surface area contributed by atoms with Crippen LogP contribution < -0.4 is 9.92 Å². The van der Waals surface area contributed by atoms with Crippen molar-refractivity contribution in [2.24, 2.45) is 12.0 Å². The Labute approximate surface area is 122 Å². The van der Waals surface area contributed by atoms with Gasteiger partial charge in [0.25, 0.3) is 0 Å². The predicted molar refractivity (Wildman–Crippen MR) is 83.1 cm³/mol. The number of pyridine rings is 1. The average Bonchev–Trinajstić information content (AvgIpc) is 2.77. The highest BCUT2D eigenvalue weighted by Crippen LogP contribution is 2.17. The zero-order chi connectivity index (χ0) is 14.1. The summed E-state index contributed by atoms with van der Waals surface area (Å²) >= 11 is 1.72. The Morgan fingerprint density at radius 1 is 1.25 bits per heavy atom. The van der Waals surface area contributed by atoms with Gasteiger partial charge in [0.1, 0.15) is 6.20 Å². The molecule has 0 aliphatic heterocycles. The molecule has 0 saturated carbocycles. The van der Waals surface area contributed by atoms with Crippen molar-refractivity contribution in [2.45, 2.75) is 20.4 Å². The molecule has 0 spiro atoms. The Balaban J connectivity index is 2.30. The van der Waals surface area contributed by atoms with Crippen LogP contribution in [0.3, 0.4) is 0 Å². The maximum atomic E-state index is 4.83. The van der Waals surface area contributed by atoms with Crippen LogP contribution in [0.5, 0.6) is 0 Å². The molecule has 3 rings (SSSR count). The summed E-state index contributed by atoms with van der Waals surface area (Å²) in [6.07, 6.45) is 4.22. The van der Waals surface area contributed by atoms with Crippen molar-refractivity contribution in [3.63, 3.8) is 0 Å². The molecular weight excluding hydrogens is 266 g/mol. The topological polar surface area (TPSA) is 21.2 Å². The molecule has 0 amide bonds. The van der Waals surface area contributed by atoms with Gasteiger partial charge in [-0.1, -0.05) is 12.1 Å². The Hall–Kier alpha value is -1.94. The lowest BCUT2D eigenvalue weighted by Gasteiger charge is -2.06. The molecule has 20 heavy (non-hydrogen) atoms. The van der Waals surface area contributed by atoms with Crippen molar-refractivity contribution in [1.82, 2.24) is 4.57 Å². The first-order chi connectivity index (χ1) is 9.69. The van der Waals surface area contributed by atoms with Crippen LogP contribution in [-0.4, -0.2) is 4.57 Å². The predicted octanol–water partition coefficient (Wildman–Crippen LogP) is 3.09. The van der Waals surface area contributed by atoms with E-state index < -0.39 is 0 Å². The van der Waals surface area contributed by atoms with Crippen LogP contribution in [-0.2, 0) is 13.6 Å². The molecule has 0 atom stereocenters. The first kappa shape index (κ1) is 13.1. The normalized spacial score (nSPS) is 12.2. The van der Waals surface area contributed by atoms with Crippen LogP contribution >= 0.6 is 11.3 Å². The number of para-hydroxylation sites is 1. The lowest BCUT2D eigenvalue weighted by Crippen LogP contribution is -2.25. The van der Waals surface area contributed by atoms with Gasteiger partial charge >= 0.3 is 5.13 Å². The lowest BCUT2D eigenvalue weighted by molar-refractivity contribution is -0.654. The van der Waals surface area contributed by atoms with E-state index in [9.17, 15) is 0 Å². The largest absolute Gasteiger partial charge is 0.382 e. The molecule has 0 unspecified atom stereocenters. The summed E-state index contributed by atoms with van der Waals surface area (Å²) < 4.78 is 4.32. The van der Waals surface area contributed by atoms with Gasteiger partial charge in [-0.2, -0.15) is 0 Å². The second-order valence-corrected chi connectivity index (χ2v) is 6.06. The van der Waals surface area contributed by atoms with Crippen LogP contribution in [0.4, 0.5) is 5.13 Å². The van der Waals surface area contributed by atoms with Gasteiger partial charge in [0.2, 0.25) is 0 Å². The number of benzene rings is 1. The van der Waals surface area contributed by atoms with Gasteiger partial charge in [0.15, 0.2) is 5.36 Å². The number of aryl methyl sites for hydroxylation is 3. The number of fused-ring (bicyclic) bond motifs is 1. The van der Waals surface area contributed by atoms with E-state index in [1.54, 1.807) is 11.3 Å². The van der Waals surface area contributed by atoms with Crippen LogP contribution in [0.15, 0.2) is 47.7 Å².